The maximum atomic E-state index is 9.21. The van der Waals surface area contributed by atoms with E-state index < -0.39 is 0 Å². The molecule has 0 aliphatic rings. The Labute approximate surface area is 105 Å². The molecule has 0 aromatic heterocycles. The van der Waals surface area contributed by atoms with Gasteiger partial charge in [-0.05, 0) is 25.0 Å². The monoisotopic (exact) mass is 162 g/mol. The SMILES string of the molecule is Cc1cccc(C)c1O.[H-].[K+]. The van der Waals surface area contributed by atoms with Gasteiger partial charge in [0.1, 0.15) is 5.75 Å². The number of para-hydroxylation sites is 1. The molecule has 0 radical (unpaired) electrons. The van der Waals surface area contributed by atoms with Gasteiger partial charge in [0.2, 0.25) is 0 Å². The van der Waals surface area contributed by atoms with E-state index in [1.165, 1.54) is 0 Å². The first kappa shape index (κ1) is 10.7. The quantitative estimate of drug-likeness (QED) is 0.492. The van der Waals surface area contributed by atoms with Gasteiger partial charge in [0.05, 0.1) is 0 Å². The third-order valence-corrected chi connectivity index (χ3v) is 1.44. The minimum atomic E-state index is 0. The Hall–Kier alpha value is 0.656. The molecule has 1 nitrogen and oxygen atoms in total. The molecule has 0 amide bonds. The average Bonchev–Trinajstić information content (AvgIpc) is 1.83. The van der Waals surface area contributed by atoms with Crippen LogP contribution in [0.25, 0.3) is 0 Å². The first-order chi connectivity index (χ1) is 4.22. The average molecular weight is 162 g/mol. The summed E-state index contributed by atoms with van der Waals surface area (Å²) >= 11 is 0. The van der Waals surface area contributed by atoms with Gasteiger partial charge < -0.3 is 6.53 Å². The number of rotatable bonds is 0. The Bertz CT molecular complexity index is 205. The fourth-order valence-corrected chi connectivity index (χ4v) is 0.806. The zero-order valence-corrected chi connectivity index (χ0v) is 9.80. The summed E-state index contributed by atoms with van der Waals surface area (Å²) in [7, 11) is 0. The molecule has 0 saturated heterocycles. The third-order valence-electron chi connectivity index (χ3n) is 1.44. The van der Waals surface area contributed by atoms with Crippen molar-refractivity contribution in [2.24, 2.45) is 0 Å². The predicted molar refractivity (Wildman–Crippen MR) is 38.7 cm³/mol. The van der Waals surface area contributed by atoms with E-state index >= 15 is 0 Å². The van der Waals surface area contributed by atoms with E-state index in [0.717, 1.165) is 11.1 Å². The van der Waals surface area contributed by atoms with Crippen LogP contribution in [0, 0.1) is 13.8 Å². The number of benzene rings is 1. The van der Waals surface area contributed by atoms with E-state index in [0.29, 0.717) is 5.75 Å². The number of phenols is 1. The minimum Gasteiger partial charge on any atom is -1.00 e. The van der Waals surface area contributed by atoms with Crippen molar-refractivity contribution in [2.45, 2.75) is 13.8 Å². The summed E-state index contributed by atoms with van der Waals surface area (Å²) in [5.74, 6) is 0.414. The number of hydrogen-bond acceptors (Lipinski definition) is 1. The van der Waals surface area contributed by atoms with Crippen LogP contribution in [-0.2, 0) is 0 Å². The molecule has 0 atom stereocenters. The minimum absolute atomic E-state index is 0. The number of phenolic OH excluding ortho intramolecular Hbond substituents is 1. The van der Waals surface area contributed by atoms with Gasteiger partial charge in [0.15, 0.2) is 0 Å². The zero-order valence-electron chi connectivity index (χ0n) is 7.68. The summed E-state index contributed by atoms with van der Waals surface area (Å²) in [6.45, 7) is 3.78. The van der Waals surface area contributed by atoms with Crippen molar-refractivity contribution in [1.82, 2.24) is 0 Å². The van der Waals surface area contributed by atoms with Crippen molar-refractivity contribution < 1.29 is 57.9 Å². The number of aromatic hydroxyl groups is 1. The Morgan fingerprint density at radius 3 is 1.90 bits per heavy atom. The largest absolute Gasteiger partial charge is 1.00 e. The molecule has 1 aromatic rings. The molecule has 0 aliphatic heterocycles. The predicted octanol–water partition coefficient (Wildman–Crippen LogP) is -0.874. The first-order valence-corrected chi connectivity index (χ1v) is 2.97. The second kappa shape index (κ2) is 4.52. The molecule has 50 valence electrons. The summed E-state index contributed by atoms with van der Waals surface area (Å²) in [6, 6.07) is 5.72. The Morgan fingerprint density at radius 2 is 1.60 bits per heavy atom. The molecule has 0 bridgehead atoms. The maximum Gasteiger partial charge on any atom is 1.00 e. The maximum absolute atomic E-state index is 9.21. The molecule has 0 spiro atoms. The molecule has 1 N–H and O–H groups in total. The Balaban J connectivity index is 0. The van der Waals surface area contributed by atoms with E-state index in [9.17, 15) is 5.11 Å². The van der Waals surface area contributed by atoms with Gasteiger partial charge in [0, 0.05) is 0 Å². The van der Waals surface area contributed by atoms with E-state index in [1.807, 2.05) is 32.0 Å². The van der Waals surface area contributed by atoms with Crippen LogP contribution in [-0.4, -0.2) is 5.11 Å². The van der Waals surface area contributed by atoms with Crippen molar-refractivity contribution in [3.63, 3.8) is 0 Å². The van der Waals surface area contributed by atoms with Gasteiger partial charge in [-0.1, -0.05) is 18.2 Å². The molecule has 10 heavy (non-hydrogen) atoms. The fraction of sp³-hybridized carbons (Fsp3) is 0.250. The van der Waals surface area contributed by atoms with E-state index in [-0.39, 0.29) is 52.8 Å². The van der Waals surface area contributed by atoms with Crippen molar-refractivity contribution in [1.29, 1.82) is 0 Å². The van der Waals surface area contributed by atoms with Crippen LogP contribution in [0.4, 0.5) is 0 Å². The molecule has 0 unspecified atom stereocenters. The van der Waals surface area contributed by atoms with E-state index in [4.69, 9.17) is 0 Å². The molecule has 1 aromatic carbocycles. The van der Waals surface area contributed by atoms with Crippen LogP contribution >= 0.6 is 0 Å². The Morgan fingerprint density at radius 1 is 1.20 bits per heavy atom. The van der Waals surface area contributed by atoms with Gasteiger partial charge in [-0.3, -0.25) is 0 Å². The summed E-state index contributed by atoms with van der Waals surface area (Å²) in [5, 5.41) is 9.21. The third kappa shape index (κ3) is 2.36. The van der Waals surface area contributed by atoms with Gasteiger partial charge in [-0.2, -0.15) is 0 Å². The van der Waals surface area contributed by atoms with Gasteiger partial charge in [-0.25, -0.2) is 0 Å². The van der Waals surface area contributed by atoms with E-state index in [2.05, 4.69) is 0 Å². The molecule has 0 fully saturated rings. The smallest absolute Gasteiger partial charge is 1.00 e. The summed E-state index contributed by atoms with van der Waals surface area (Å²) in [6.07, 6.45) is 0. The van der Waals surface area contributed by atoms with Crippen LogP contribution in [0.2, 0.25) is 0 Å². The number of aryl methyl sites for hydroxylation is 2. The molecule has 2 heteroatoms. The van der Waals surface area contributed by atoms with Gasteiger partial charge >= 0.3 is 51.4 Å². The zero-order chi connectivity index (χ0) is 6.85. The normalized spacial score (nSPS) is 8.60. The summed E-state index contributed by atoms with van der Waals surface area (Å²) in [5.41, 5.74) is 1.88. The van der Waals surface area contributed by atoms with Crippen molar-refractivity contribution in [3.05, 3.63) is 29.3 Å². The molecule has 0 aliphatic carbocycles. The van der Waals surface area contributed by atoms with Crippen LogP contribution < -0.4 is 51.4 Å². The second-order valence-corrected chi connectivity index (χ2v) is 2.24. The van der Waals surface area contributed by atoms with Gasteiger partial charge in [0.25, 0.3) is 0 Å². The van der Waals surface area contributed by atoms with Crippen molar-refractivity contribution in [2.75, 3.05) is 0 Å². The first-order valence-electron chi connectivity index (χ1n) is 2.97. The van der Waals surface area contributed by atoms with Crippen LogP contribution in [0.15, 0.2) is 18.2 Å². The standard InChI is InChI=1S/C8H10O.K.H/c1-6-4-3-5-7(2)8(6)9;;/h3-5,9H,1-2H3;;/q;+1;-1. The second-order valence-electron chi connectivity index (χ2n) is 2.24. The van der Waals surface area contributed by atoms with Crippen molar-refractivity contribution in [3.8, 4) is 5.75 Å². The molecule has 0 heterocycles. The van der Waals surface area contributed by atoms with E-state index in [1.54, 1.807) is 0 Å². The molecular weight excluding hydrogens is 151 g/mol. The number of hydrogen-bond donors (Lipinski definition) is 1. The molecule has 0 saturated carbocycles. The van der Waals surface area contributed by atoms with Crippen LogP contribution in [0.5, 0.6) is 5.75 Å². The molecule has 1 rings (SSSR count). The molecular formula is C8H11KO. The topological polar surface area (TPSA) is 20.2 Å². The summed E-state index contributed by atoms with van der Waals surface area (Å²) in [4.78, 5) is 0. The Kier molecular flexibility index (Phi) is 4.81. The summed E-state index contributed by atoms with van der Waals surface area (Å²) < 4.78 is 0. The van der Waals surface area contributed by atoms with Crippen LogP contribution in [0.1, 0.15) is 12.6 Å². The van der Waals surface area contributed by atoms with Gasteiger partial charge in [-0.15, -0.1) is 0 Å². The van der Waals surface area contributed by atoms with Crippen LogP contribution in [0.3, 0.4) is 0 Å². The fourth-order valence-electron chi connectivity index (χ4n) is 0.806. The van der Waals surface area contributed by atoms with Crippen molar-refractivity contribution >= 4 is 0 Å².